The van der Waals surface area contributed by atoms with Gasteiger partial charge in [0.1, 0.15) is 5.01 Å². The van der Waals surface area contributed by atoms with Gasteiger partial charge in [-0.25, -0.2) is 0 Å². The summed E-state index contributed by atoms with van der Waals surface area (Å²) in [4.78, 5) is 0. The molecule has 1 rings (SSSR count). The van der Waals surface area contributed by atoms with Crippen LogP contribution < -0.4 is 0 Å². The summed E-state index contributed by atoms with van der Waals surface area (Å²) in [7, 11) is 0. The molecule has 5 heteroatoms. The van der Waals surface area contributed by atoms with E-state index in [1.165, 1.54) is 0 Å². The van der Waals surface area contributed by atoms with Gasteiger partial charge in [-0.05, 0) is 19.1 Å². The van der Waals surface area contributed by atoms with Gasteiger partial charge in [0, 0.05) is 15.6 Å². The zero-order valence-corrected chi connectivity index (χ0v) is 12.0. The first kappa shape index (κ1) is 14.3. The Kier molecular flexibility index (Phi) is 6.70. The minimum absolute atomic E-state index is 0.0417. The summed E-state index contributed by atoms with van der Waals surface area (Å²) in [5, 5.41) is 1.30. The monoisotopic (exact) mass is 326 g/mol. The van der Waals surface area contributed by atoms with Crippen LogP contribution in [0.5, 0.6) is 0 Å². The Hall–Kier alpha value is 0.200. The lowest BCUT2D eigenvalue weighted by molar-refractivity contribution is 0.0375. The molecule has 0 N–H and O–H groups in total. The second kappa shape index (κ2) is 7.51. The number of hydrogen-bond donors (Lipinski definition) is 0. The van der Waals surface area contributed by atoms with Gasteiger partial charge in [0.25, 0.3) is 0 Å². The molecule has 0 aromatic heterocycles. The molecule has 0 saturated heterocycles. The van der Waals surface area contributed by atoms with E-state index < -0.39 is 0 Å². The molecule has 1 aromatic carbocycles. The van der Waals surface area contributed by atoms with Crippen LogP contribution in [0.1, 0.15) is 12.5 Å². The van der Waals surface area contributed by atoms with Crippen LogP contribution in [-0.2, 0) is 16.1 Å². The summed E-state index contributed by atoms with van der Waals surface area (Å²) in [5.41, 5.74) is 0.817. The van der Waals surface area contributed by atoms with Gasteiger partial charge < -0.3 is 9.47 Å². The van der Waals surface area contributed by atoms with Crippen molar-refractivity contribution in [3.63, 3.8) is 0 Å². The normalized spacial score (nSPS) is 12.8. The highest BCUT2D eigenvalue weighted by Crippen LogP contribution is 2.24. The molecule has 0 fully saturated rings. The van der Waals surface area contributed by atoms with Crippen molar-refractivity contribution in [3.8, 4) is 0 Å². The summed E-state index contributed by atoms with van der Waals surface area (Å²) < 4.78 is 10.7. The second-order valence-electron chi connectivity index (χ2n) is 3.17. The first-order chi connectivity index (χ1) is 7.61. The molecule has 1 unspecified atom stereocenters. The predicted octanol–water partition coefficient (Wildman–Crippen LogP) is 4.27. The lowest BCUT2D eigenvalue weighted by atomic mass is 10.2. The highest BCUT2D eigenvalue weighted by Gasteiger charge is 2.05. The van der Waals surface area contributed by atoms with Crippen molar-refractivity contribution in [3.05, 3.63) is 33.8 Å². The zero-order valence-electron chi connectivity index (χ0n) is 8.88. The van der Waals surface area contributed by atoms with Crippen molar-refractivity contribution in [2.45, 2.75) is 18.5 Å². The molecule has 90 valence electrons. The molecule has 0 aliphatic rings. The summed E-state index contributed by atoms with van der Waals surface area (Å²) in [5.74, 6) is 0. The van der Waals surface area contributed by atoms with E-state index in [0.717, 1.165) is 5.56 Å². The van der Waals surface area contributed by atoms with Crippen LogP contribution in [0.2, 0.25) is 10.0 Å². The number of ether oxygens (including phenoxy) is 2. The van der Waals surface area contributed by atoms with Gasteiger partial charge in [-0.3, -0.25) is 0 Å². The fourth-order valence-electron chi connectivity index (χ4n) is 1.11. The zero-order chi connectivity index (χ0) is 12.0. The molecular weight excluding hydrogens is 315 g/mol. The van der Waals surface area contributed by atoms with E-state index in [9.17, 15) is 0 Å². The maximum Gasteiger partial charge on any atom is 0.109 e. The SMILES string of the molecule is CC(Br)OCCOCc1c(Cl)cccc1Cl. The van der Waals surface area contributed by atoms with Crippen LogP contribution >= 0.6 is 39.1 Å². The molecular formula is C11H13BrCl2O2. The third kappa shape index (κ3) is 5.02. The van der Waals surface area contributed by atoms with Crippen LogP contribution in [0, 0.1) is 0 Å². The Balaban J connectivity index is 2.32. The molecule has 0 aliphatic carbocycles. The van der Waals surface area contributed by atoms with Crippen molar-refractivity contribution in [2.75, 3.05) is 13.2 Å². The van der Waals surface area contributed by atoms with Crippen molar-refractivity contribution >= 4 is 39.1 Å². The summed E-state index contributed by atoms with van der Waals surface area (Å²) in [6, 6.07) is 5.40. The quantitative estimate of drug-likeness (QED) is 0.574. The molecule has 0 radical (unpaired) electrons. The molecule has 0 amide bonds. The van der Waals surface area contributed by atoms with E-state index in [1.54, 1.807) is 12.1 Å². The molecule has 1 aromatic rings. The largest absolute Gasteiger partial charge is 0.374 e. The van der Waals surface area contributed by atoms with Crippen LogP contribution in [0.4, 0.5) is 0 Å². The van der Waals surface area contributed by atoms with E-state index >= 15 is 0 Å². The van der Waals surface area contributed by atoms with Gasteiger partial charge in [0.15, 0.2) is 0 Å². The lowest BCUT2D eigenvalue weighted by Gasteiger charge is -2.09. The van der Waals surface area contributed by atoms with Gasteiger partial charge >= 0.3 is 0 Å². The molecule has 0 aliphatic heterocycles. The number of alkyl halides is 1. The smallest absolute Gasteiger partial charge is 0.109 e. The Morgan fingerprint density at radius 2 is 1.88 bits per heavy atom. The van der Waals surface area contributed by atoms with E-state index in [2.05, 4.69) is 15.9 Å². The van der Waals surface area contributed by atoms with Crippen molar-refractivity contribution < 1.29 is 9.47 Å². The third-order valence-electron chi connectivity index (χ3n) is 1.88. The van der Waals surface area contributed by atoms with Gasteiger partial charge in [-0.1, -0.05) is 45.2 Å². The van der Waals surface area contributed by atoms with E-state index in [0.29, 0.717) is 29.9 Å². The summed E-state index contributed by atoms with van der Waals surface area (Å²) >= 11 is 15.3. The number of hydrogen-bond acceptors (Lipinski definition) is 2. The third-order valence-corrected chi connectivity index (χ3v) is 2.86. The van der Waals surface area contributed by atoms with Crippen molar-refractivity contribution in [2.24, 2.45) is 0 Å². The predicted molar refractivity (Wildman–Crippen MR) is 70.5 cm³/mol. The standard InChI is InChI=1S/C11H13BrCl2O2/c1-8(12)16-6-5-15-7-9-10(13)3-2-4-11(9)14/h2-4,8H,5-7H2,1H3. The lowest BCUT2D eigenvalue weighted by Crippen LogP contribution is -2.07. The van der Waals surface area contributed by atoms with E-state index in [4.69, 9.17) is 32.7 Å². The minimum atomic E-state index is 0.0417. The number of rotatable bonds is 6. The highest BCUT2D eigenvalue weighted by atomic mass is 79.9. The second-order valence-corrected chi connectivity index (χ2v) is 5.27. The topological polar surface area (TPSA) is 18.5 Å². The summed E-state index contributed by atoms with van der Waals surface area (Å²) in [6.07, 6.45) is 0. The highest BCUT2D eigenvalue weighted by molar-refractivity contribution is 9.09. The first-order valence-electron chi connectivity index (χ1n) is 4.87. The molecule has 1 atom stereocenters. The minimum Gasteiger partial charge on any atom is -0.374 e. The molecule has 0 bridgehead atoms. The Bertz CT molecular complexity index is 312. The van der Waals surface area contributed by atoms with E-state index in [1.807, 2.05) is 13.0 Å². The van der Waals surface area contributed by atoms with Crippen molar-refractivity contribution in [1.29, 1.82) is 0 Å². The van der Waals surface area contributed by atoms with Gasteiger partial charge in [-0.15, -0.1) is 0 Å². The molecule has 2 nitrogen and oxygen atoms in total. The first-order valence-corrected chi connectivity index (χ1v) is 6.54. The maximum atomic E-state index is 5.99. The van der Waals surface area contributed by atoms with Crippen LogP contribution in [0.15, 0.2) is 18.2 Å². The van der Waals surface area contributed by atoms with E-state index in [-0.39, 0.29) is 5.01 Å². The Morgan fingerprint density at radius 3 is 2.44 bits per heavy atom. The van der Waals surface area contributed by atoms with Gasteiger partial charge in [0.05, 0.1) is 19.8 Å². The Labute approximate surface area is 114 Å². The molecule has 16 heavy (non-hydrogen) atoms. The number of halogens is 3. The fraction of sp³-hybridized carbons (Fsp3) is 0.455. The molecule has 0 heterocycles. The number of benzene rings is 1. The average Bonchev–Trinajstić information content (AvgIpc) is 2.21. The van der Waals surface area contributed by atoms with Gasteiger partial charge in [0.2, 0.25) is 0 Å². The average molecular weight is 328 g/mol. The molecule has 0 spiro atoms. The van der Waals surface area contributed by atoms with Crippen molar-refractivity contribution in [1.82, 2.24) is 0 Å². The molecule has 0 saturated carbocycles. The summed E-state index contributed by atoms with van der Waals surface area (Å²) in [6.45, 7) is 3.36. The van der Waals surface area contributed by atoms with Crippen LogP contribution in [0.25, 0.3) is 0 Å². The van der Waals surface area contributed by atoms with Gasteiger partial charge in [-0.2, -0.15) is 0 Å². The van der Waals surface area contributed by atoms with Crippen LogP contribution in [0.3, 0.4) is 0 Å². The van der Waals surface area contributed by atoms with Crippen LogP contribution in [-0.4, -0.2) is 18.2 Å². The Morgan fingerprint density at radius 1 is 1.25 bits per heavy atom. The fourth-order valence-corrected chi connectivity index (χ4v) is 1.81. The maximum absolute atomic E-state index is 5.99.